The molecule has 0 spiro atoms. The number of nitrogens with one attached hydrogen (secondary N) is 1. The number of amidine groups is 1. The zero-order valence-corrected chi connectivity index (χ0v) is 15.9. The monoisotopic (exact) mass is 383 g/mol. The molecule has 0 aromatic heterocycles. The first-order chi connectivity index (χ1) is 13.0. The van der Waals surface area contributed by atoms with Gasteiger partial charge >= 0.3 is 0 Å². The number of aryl methyl sites for hydroxylation is 1. The van der Waals surface area contributed by atoms with Gasteiger partial charge in [-0.3, -0.25) is 4.79 Å². The highest BCUT2D eigenvalue weighted by molar-refractivity contribution is 7.90. The van der Waals surface area contributed by atoms with E-state index in [4.69, 9.17) is 0 Å². The summed E-state index contributed by atoms with van der Waals surface area (Å²) in [5.74, 6) is 0.253. The number of fused-ring (bicyclic) bond motifs is 1. The van der Waals surface area contributed by atoms with E-state index < -0.39 is 16.1 Å². The van der Waals surface area contributed by atoms with E-state index in [0.29, 0.717) is 24.4 Å². The van der Waals surface area contributed by atoms with Crippen LogP contribution in [0.5, 0.6) is 0 Å². The number of sulfonamides is 1. The molecule has 2 heterocycles. The Morgan fingerprint density at radius 1 is 1.11 bits per heavy atom. The van der Waals surface area contributed by atoms with Gasteiger partial charge in [0.1, 0.15) is 10.9 Å². The van der Waals surface area contributed by atoms with E-state index in [1.165, 1.54) is 0 Å². The summed E-state index contributed by atoms with van der Waals surface area (Å²) in [6.45, 7) is 2.55. The third kappa shape index (κ3) is 3.23. The minimum atomic E-state index is -3.70. The Labute approximate surface area is 159 Å². The maximum atomic E-state index is 13.0. The number of rotatable bonds is 2. The molecule has 2 aromatic carbocycles. The van der Waals surface area contributed by atoms with Crippen molar-refractivity contribution in [2.75, 3.05) is 11.9 Å². The summed E-state index contributed by atoms with van der Waals surface area (Å²) in [4.78, 5) is 15.1. The van der Waals surface area contributed by atoms with Gasteiger partial charge in [0, 0.05) is 17.8 Å². The van der Waals surface area contributed by atoms with Gasteiger partial charge in [0.2, 0.25) is 5.91 Å². The highest BCUT2D eigenvalue weighted by atomic mass is 32.2. The van der Waals surface area contributed by atoms with E-state index in [2.05, 4.69) is 9.71 Å². The van der Waals surface area contributed by atoms with Gasteiger partial charge in [-0.25, -0.2) is 0 Å². The Kier molecular flexibility index (Phi) is 4.47. The second-order valence-corrected chi connectivity index (χ2v) is 8.47. The van der Waals surface area contributed by atoms with Crippen LogP contribution in [-0.4, -0.2) is 37.6 Å². The number of amides is 1. The fraction of sp³-hybridized carbons (Fsp3) is 0.300. The van der Waals surface area contributed by atoms with Crippen molar-refractivity contribution >= 4 is 27.5 Å². The fourth-order valence-electron chi connectivity index (χ4n) is 3.68. The van der Waals surface area contributed by atoms with Gasteiger partial charge in [0.15, 0.2) is 5.84 Å². The molecular formula is C20H21N3O3S. The molecule has 1 N–H and O–H groups in total. The molecule has 2 aromatic rings. The van der Waals surface area contributed by atoms with Crippen LogP contribution < -0.4 is 5.32 Å². The van der Waals surface area contributed by atoms with Crippen molar-refractivity contribution in [3.8, 4) is 0 Å². The number of hydrogen-bond donors (Lipinski definition) is 1. The van der Waals surface area contributed by atoms with Gasteiger partial charge in [0.25, 0.3) is 10.0 Å². The normalized spacial score (nSPS) is 20.7. The van der Waals surface area contributed by atoms with E-state index in [0.717, 1.165) is 24.1 Å². The lowest BCUT2D eigenvalue weighted by molar-refractivity contribution is -0.120. The molecule has 1 saturated heterocycles. The number of hydrogen-bond acceptors (Lipinski definition) is 4. The van der Waals surface area contributed by atoms with Crippen LogP contribution in [0.1, 0.15) is 30.4 Å². The molecular weight excluding hydrogens is 362 g/mol. The molecule has 2 aliphatic rings. The standard InChI is InChI=1S/C20H21N3O3S/c1-14-8-2-4-10-16(14)21-20(24)17-11-6-7-13-23(17)19-15-9-3-5-12-18(15)27(25,26)22-19/h2-5,8-10,12,17H,6-7,11,13H2,1H3,(H,21,24)/t17-/m1/s1. The van der Waals surface area contributed by atoms with Crippen LogP contribution in [0, 0.1) is 6.92 Å². The average Bonchev–Trinajstić information content (AvgIpc) is 2.95. The van der Waals surface area contributed by atoms with Crippen molar-refractivity contribution in [1.82, 2.24) is 4.90 Å². The molecule has 27 heavy (non-hydrogen) atoms. The van der Waals surface area contributed by atoms with E-state index in [9.17, 15) is 13.2 Å². The van der Waals surface area contributed by atoms with Crippen LogP contribution in [0.4, 0.5) is 5.69 Å². The smallest absolute Gasteiger partial charge is 0.285 e. The van der Waals surface area contributed by atoms with Gasteiger partial charge in [-0.05, 0) is 49.9 Å². The first-order valence-corrected chi connectivity index (χ1v) is 10.5. The molecule has 6 nitrogen and oxygen atoms in total. The zero-order valence-electron chi connectivity index (χ0n) is 15.1. The SMILES string of the molecule is Cc1ccccc1NC(=O)[C@H]1CCCCN1C1=NS(=O)(=O)c2ccccc21. The lowest BCUT2D eigenvalue weighted by Gasteiger charge is -2.36. The van der Waals surface area contributed by atoms with Crippen molar-refractivity contribution in [3.63, 3.8) is 0 Å². The Balaban J connectivity index is 1.66. The van der Waals surface area contributed by atoms with Crippen molar-refractivity contribution in [2.45, 2.75) is 37.1 Å². The number of carbonyl (C=O) groups is 1. The molecule has 7 heteroatoms. The number of benzene rings is 2. The topological polar surface area (TPSA) is 78.8 Å². The zero-order chi connectivity index (χ0) is 19.0. The predicted octanol–water partition coefficient (Wildman–Crippen LogP) is 2.94. The lowest BCUT2D eigenvalue weighted by atomic mass is 9.99. The fourth-order valence-corrected chi connectivity index (χ4v) is 4.90. The van der Waals surface area contributed by atoms with E-state index in [1.807, 2.05) is 36.1 Å². The van der Waals surface area contributed by atoms with Crippen LogP contribution in [0.25, 0.3) is 0 Å². The molecule has 1 fully saturated rings. The molecule has 0 unspecified atom stereocenters. The van der Waals surface area contributed by atoms with Crippen LogP contribution in [0.3, 0.4) is 0 Å². The van der Waals surface area contributed by atoms with Crippen molar-refractivity contribution < 1.29 is 13.2 Å². The number of piperidine rings is 1. The third-order valence-corrected chi connectivity index (χ3v) is 6.42. The summed E-state index contributed by atoms with van der Waals surface area (Å²) >= 11 is 0. The molecule has 0 aliphatic carbocycles. The first kappa shape index (κ1) is 17.7. The summed E-state index contributed by atoms with van der Waals surface area (Å²) in [6.07, 6.45) is 2.48. The number of anilines is 1. The van der Waals surface area contributed by atoms with Gasteiger partial charge in [-0.2, -0.15) is 8.42 Å². The van der Waals surface area contributed by atoms with E-state index >= 15 is 0 Å². The van der Waals surface area contributed by atoms with Gasteiger partial charge in [0.05, 0.1) is 0 Å². The van der Waals surface area contributed by atoms with Gasteiger partial charge in [-0.1, -0.05) is 30.3 Å². The quantitative estimate of drug-likeness (QED) is 0.865. The van der Waals surface area contributed by atoms with Crippen LogP contribution in [0.15, 0.2) is 57.8 Å². The number of para-hydroxylation sites is 1. The van der Waals surface area contributed by atoms with Crippen LogP contribution >= 0.6 is 0 Å². The summed E-state index contributed by atoms with van der Waals surface area (Å²) in [7, 11) is -3.70. The van der Waals surface area contributed by atoms with Crippen LogP contribution in [-0.2, 0) is 14.8 Å². The summed E-state index contributed by atoms with van der Waals surface area (Å²) in [6, 6.07) is 14.0. The minimum absolute atomic E-state index is 0.131. The predicted molar refractivity (Wildman–Crippen MR) is 104 cm³/mol. The Morgan fingerprint density at radius 2 is 1.85 bits per heavy atom. The average molecular weight is 383 g/mol. The van der Waals surface area contributed by atoms with E-state index in [1.54, 1.807) is 24.3 Å². The van der Waals surface area contributed by atoms with E-state index in [-0.39, 0.29) is 10.8 Å². The largest absolute Gasteiger partial charge is 0.343 e. The molecule has 1 atom stereocenters. The third-order valence-electron chi connectivity index (χ3n) is 5.09. The summed E-state index contributed by atoms with van der Waals surface area (Å²) in [5.41, 5.74) is 2.34. The van der Waals surface area contributed by atoms with Crippen LogP contribution in [0.2, 0.25) is 0 Å². The molecule has 2 aliphatic heterocycles. The van der Waals surface area contributed by atoms with Crippen molar-refractivity contribution in [2.24, 2.45) is 4.40 Å². The second kappa shape index (κ2) is 6.81. The lowest BCUT2D eigenvalue weighted by Crippen LogP contribution is -2.50. The highest BCUT2D eigenvalue weighted by Gasteiger charge is 2.37. The Hall–Kier alpha value is -2.67. The number of carbonyl (C=O) groups excluding carboxylic acids is 1. The molecule has 1 amide bonds. The summed E-state index contributed by atoms with van der Waals surface area (Å²) in [5, 5.41) is 2.99. The minimum Gasteiger partial charge on any atom is -0.343 e. The summed E-state index contributed by atoms with van der Waals surface area (Å²) < 4.78 is 28.8. The number of likely N-dealkylation sites (tertiary alicyclic amines) is 1. The molecule has 140 valence electrons. The first-order valence-electron chi connectivity index (χ1n) is 9.05. The Morgan fingerprint density at radius 3 is 2.67 bits per heavy atom. The maximum absolute atomic E-state index is 13.0. The molecule has 0 saturated carbocycles. The number of nitrogens with zero attached hydrogens (tertiary/aromatic N) is 2. The Bertz CT molecular complexity index is 1030. The highest BCUT2D eigenvalue weighted by Crippen LogP contribution is 2.31. The molecule has 4 rings (SSSR count). The van der Waals surface area contributed by atoms with Gasteiger partial charge < -0.3 is 10.2 Å². The van der Waals surface area contributed by atoms with Gasteiger partial charge in [-0.15, -0.1) is 4.40 Å². The molecule has 0 bridgehead atoms. The second-order valence-electron chi connectivity index (χ2n) is 6.90. The van der Waals surface area contributed by atoms with Crippen molar-refractivity contribution in [3.05, 3.63) is 59.7 Å². The maximum Gasteiger partial charge on any atom is 0.285 e. The molecule has 0 radical (unpaired) electrons. The van der Waals surface area contributed by atoms with Crippen molar-refractivity contribution in [1.29, 1.82) is 0 Å².